The monoisotopic (exact) mass is 617 g/mol. The quantitative estimate of drug-likeness (QED) is 0.204. The molecular formula is C31H34F3N3O5S. The number of ether oxygens (including phenoxy) is 1. The molecule has 0 aliphatic heterocycles. The van der Waals surface area contributed by atoms with Gasteiger partial charge in [-0.05, 0) is 86.1 Å². The summed E-state index contributed by atoms with van der Waals surface area (Å²) in [7, 11) is 0. The average Bonchev–Trinajstić information content (AvgIpc) is 3.32. The molecule has 1 aromatic heterocycles. The van der Waals surface area contributed by atoms with Crippen molar-refractivity contribution in [3.63, 3.8) is 0 Å². The van der Waals surface area contributed by atoms with Gasteiger partial charge in [0.2, 0.25) is 0 Å². The van der Waals surface area contributed by atoms with Gasteiger partial charge in [0.25, 0.3) is 5.91 Å². The molecule has 12 heteroatoms. The molecule has 4 N–H and O–H groups in total. The minimum atomic E-state index is -4.84. The van der Waals surface area contributed by atoms with E-state index in [1.807, 2.05) is 39.8 Å². The van der Waals surface area contributed by atoms with Gasteiger partial charge in [0.1, 0.15) is 16.8 Å². The highest BCUT2D eigenvalue weighted by atomic mass is 32.1. The summed E-state index contributed by atoms with van der Waals surface area (Å²) in [6, 6.07) is 8.68. The number of aliphatic carboxylic acids is 1. The van der Waals surface area contributed by atoms with Crippen molar-refractivity contribution in [3.05, 3.63) is 64.7 Å². The van der Waals surface area contributed by atoms with Gasteiger partial charge < -0.3 is 20.5 Å². The molecule has 1 aliphatic rings. The molecule has 2 aromatic carbocycles. The number of benzene rings is 2. The Morgan fingerprint density at radius 2 is 1.56 bits per heavy atom. The van der Waals surface area contributed by atoms with Gasteiger partial charge in [-0.2, -0.15) is 0 Å². The SMILES string of the molecule is Cc1cc(C)c(NC(=O)Nc2sc(-c3ccc(OC(F)(F)F)cc3)cc2C(=O)N[C@H](C(=O)O)C2(C)CCCCC2)c(C)c1. The van der Waals surface area contributed by atoms with E-state index in [0.29, 0.717) is 29.0 Å². The van der Waals surface area contributed by atoms with E-state index < -0.39 is 41.5 Å². The second-order valence-corrected chi connectivity index (χ2v) is 12.3. The Morgan fingerprint density at radius 3 is 2.12 bits per heavy atom. The number of anilines is 2. The van der Waals surface area contributed by atoms with Crippen LogP contribution in [0, 0.1) is 26.2 Å². The fourth-order valence-electron chi connectivity index (χ4n) is 5.63. The van der Waals surface area contributed by atoms with Crippen LogP contribution in [0.15, 0.2) is 42.5 Å². The normalized spacial score (nSPS) is 15.3. The third-order valence-electron chi connectivity index (χ3n) is 7.71. The standard InChI is InChI=1S/C31H34F3N3O5S/c1-17-14-18(2)24(19(3)15-17)35-29(41)37-27-22(26(38)36-25(28(39)40)30(4)12-6-5-7-13-30)16-23(43-27)20-8-10-21(11-9-20)42-31(32,33)34/h8-11,14-16,25H,5-7,12-13H2,1-4H3,(H,36,38)(H,39,40)(H2,35,37,41)/t25-/m1/s1. The number of rotatable bonds is 8. The summed E-state index contributed by atoms with van der Waals surface area (Å²) in [5.74, 6) is -2.24. The average molecular weight is 618 g/mol. The molecule has 1 fully saturated rings. The Kier molecular flexibility index (Phi) is 9.38. The van der Waals surface area contributed by atoms with Gasteiger partial charge in [-0.3, -0.25) is 10.1 Å². The summed E-state index contributed by atoms with van der Waals surface area (Å²) < 4.78 is 41.8. The van der Waals surface area contributed by atoms with Crippen molar-refractivity contribution >= 4 is 39.9 Å². The molecule has 1 atom stereocenters. The summed E-state index contributed by atoms with van der Waals surface area (Å²) in [6.07, 6.45) is -0.832. The van der Waals surface area contributed by atoms with Gasteiger partial charge in [0.15, 0.2) is 0 Å². The van der Waals surface area contributed by atoms with Crippen LogP contribution in [-0.4, -0.2) is 35.4 Å². The maximum absolute atomic E-state index is 13.6. The largest absolute Gasteiger partial charge is 0.573 e. The Bertz CT molecular complexity index is 1490. The van der Waals surface area contributed by atoms with Crippen LogP contribution in [0.4, 0.5) is 28.7 Å². The van der Waals surface area contributed by atoms with Crippen molar-refractivity contribution < 1.29 is 37.4 Å². The summed E-state index contributed by atoms with van der Waals surface area (Å²) in [5.41, 5.74) is 3.22. The minimum Gasteiger partial charge on any atom is -0.480 e. The van der Waals surface area contributed by atoms with Gasteiger partial charge in [-0.1, -0.05) is 43.9 Å². The van der Waals surface area contributed by atoms with E-state index in [1.165, 1.54) is 18.2 Å². The zero-order valence-electron chi connectivity index (χ0n) is 24.3. The van der Waals surface area contributed by atoms with E-state index >= 15 is 0 Å². The molecule has 1 saturated carbocycles. The molecule has 3 aromatic rings. The number of halogens is 3. The molecular weight excluding hydrogens is 583 g/mol. The molecule has 0 bridgehead atoms. The number of thiophene rings is 1. The molecule has 3 amide bonds. The maximum atomic E-state index is 13.6. The number of nitrogens with one attached hydrogen (secondary N) is 3. The molecule has 0 unspecified atom stereocenters. The smallest absolute Gasteiger partial charge is 0.480 e. The lowest BCUT2D eigenvalue weighted by Crippen LogP contribution is -2.52. The highest BCUT2D eigenvalue weighted by Gasteiger charge is 2.41. The third-order valence-corrected chi connectivity index (χ3v) is 8.81. The van der Waals surface area contributed by atoms with E-state index in [4.69, 9.17) is 0 Å². The maximum Gasteiger partial charge on any atom is 0.573 e. The second kappa shape index (κ2) is 12.7. The van der Waals surface area contributed by atoms with Crippen molar-refractivity contribution in [2.75, 3.05) is 10.6 Å². The lowest BCUT2D eigenvalue weighted by atomic mass is 9.70. The number of carboxylic acids is 1. The summed E-state index contributed by atoms with van der Waals surface area (Å²) in [4.78, 5) is 39.5. The van der Waals surface area contributed by atoms with Crippen LogP contribution in [0.1, 0.15) is 66.1 Å². The molecule has 0 saturated heterocycles. The predicted octanol–water partition coefficient (Wildman–Crippen LogP) is 8.04. The molecule has 0 radical (unpaired) electrons. The zero-order chi connectivity index (χ0) is 31.5. The number of hydrogen-bond acceptors (Lipinski definition) is 5. The number of carboxylic acid groups (broad SMARTS) is 1. The van der Waals surface area contributed by atoms with Gasteiger partial charge in [0.05, 0.1) is 5.56 Å². The van der Waals surface area contributed by atoms with Gasteiger partial charge in [-0.25, -0.2) is 9.59 Å². The molecule has 1 aliphatic carbocycles. The van der Waals surface area contributed by atoms with Gasteiger partial charge in [-0.15, -0.1) is 24.5 Å². The lowest BCUT2D eigenvalue weighted by molar-refractivity contribution is -0.274. The van der Waals surface area contributed by atoms with Crippen LogP contribution < -0.4 is 20.7 Å². The van der Waals surface area contributed by atoms with Gasteiger partial charge >= 0.3 is 18.4 Å². The highest BCUT2D eigenvalue weighted by Crippen LogP contribution is 2.40. The summed E-state index contributed by atoms with van der Waals surface area (Å²) >= 11 is 1.04. The van der Waals surface area contributed by atoms with Crippen molar-refractivity contribution in [2.24, 2.45) is 5.41 Å². The first-order valence-corrected chi connectivity index (χ1v) is 14.7. The topological polar surface area (TPSA) is 117 Å². The van der Waals surface area contributed by atoms with Crippen LogP contribution in [-0.2, 0) is 4.79 Å². The number of alkyl halides is 3. The van der Waals surface area contributed by atoms with Crippen molar-refractivity contribution in [1.29, 1.82) is 0 Å². The molecule has 230 valence electrons. The minimum absolute atomic E-state index is 0.0359. The van der Waals surface area contributed by atoms with Crippen LogP contribution in [0.3, 0.4) is 0 Å². The van der Waals surface area contributed by atoms with E-state index in [9.17, 15) is 32.7 Å². The summed E-state index contributed by atoms with van der Waals surface area (Å²) in [5, 5.41) is 18.4. The van der Waals surface area contributed by atoms with Gasteiger partial charge in [0, 0.05) is 10.6 Å². The molecule has 0 spiro atoms. The molecule has 4 rings (SSSR count). The molecule has 8 nitrogen and oxygen atoms in total. The van der Waals surface area contributed by atoms with Crippen LogP contribution in [0.2, 0.25) is 0 Å². The second-order valence-electron chi connectivity index (χ2n) is 11.2. The number of carbonyl (C=O) groups is 3. The first-order chi connectivity index (χ1) is 20.1. The first-order valence-electron chi connectivity index (χ1n) is 13.8. The summed E-state index contributed by atoms with van der Waals surface area (Å²) in [6.45, 7) is 7.53. The predicted molar refractivity (Wildman–Crippen MR) is 160 cm³/mol. The van der Waals surface area contributed by atoms with Crippen LogP contribution in [0.25, 0.3) is 10.4 Å². The number of aryl methyl sites for hydroxylation is 3. The Labute approximate surface area is 251 Å². The molecule has 1 heterocycles. The van der Waals surface area contributed by atoms with Crippen molar-refractivity contribution in [2.45, 2.75) is 72.2 Å². The number of amides is 3. The van der Waals surface area contributed by atoms with E-state index in [0.717, 1.165) is 59.4 Å². The number of hydrogen-bond donors (Lipinski definition) is 4. The fourth-order valence-corrected chi connectivity index (χ4v) is 6.69. The van der Waals surface area contributed by atoms with Crippen molar-refractivity contribution in [3.8, 4) is 16.2 Å². The number of urea groups is 1. The van der Waals surface area contributed by atoms with E-state index in [2.05, 4.69) is 20.7 Å². The fraction of sp³-hybridized carbons (Fsp3) is 0.387. The van der Waals surface area contributed by atoms with Crippen molar-refractivity contribution in [1.82, 2.24) is 5.32 Å². The Hall–Kier alpha value is -4.06. The highest BCUT2D eigenvalue weighted by molar-refractivity contribution is 7.20. The zero-order valence-corrected chi connectivity index (χ0v) is 25.1. The lowest BCUT2D eigenvalue weighted by Gasteiger charge is -2.38. The van der Waals surface area contributed by atoms with E-state index in [-0.39, 0.29) is 10.6 Å². The first kappa shape index (κ1) is 31.9. The number of carbonyl (C=O) groups excluding carboxylic acids is 2. The van der Waals surface area contributed by atoms with E-state index in [1.54, 1.807) is 0 Å². The Morgan fingerprint density at radius 1 is 0.953 bits per heavy atom. The Balaban J connectivity index is 1.65. The molecule has 43 heavy (non-hydrogen) atoms. The van der Waals surface area contributed by atoms with Crippen LogP contribution in [0.5, 0.6) is 5.75 Å². The van der Waals surface area contributed by atoms with Crippen LogP contribution >= 0.6 is 11.3 Å². The third kappa shape index (κ3) is 7.86.